The van der Waals surface area contributed by atoms with Crippen molar-refractivity contribution >= 4 is 23.3 Å². The lowest BCUT2D eigenvalue weighted by Crippen LogP contribution is -2.49. The van der Waals surface area contributed by atoms with E-state index in [1.54, 1.807) is 18.1 Å². The van der Waals surface area contributed by atoms with Crippen molar-refractivity contribution in [1.29, 1.82) is 0 Å². The zero-order valence-electron chi connectivity index (χ0n) is 16.7. The van der Waals surface area contributed by atoms with Crippen LogP contribution in [-0.4, -0.2) is 61.6 Å². The van der Waals surface area contributed by atoms with Gasteiger partial charge in [-0.25, -0.2) is 0 Å². The Hall–Kier alpha value is -3.62. The molecule has 2 aromatic rings. The number of piperazine rings is 1. The molecule has 1 amide bonds. The van der Waals surface area contributed by atoms with Gasteiger partial charge in [0.15, 0.2) is 6.61 Å². The van der Waals surface area contributed by atoms with Crippen molar-refractivity contribution in [1.82, 2.24) is 4.90 Å². The second kappa shape index (κ2) is 9.73. The number of anilines is 1. The van der Waals surface area contributed by atoms with Crippen LogP contribution in [0, 0.1) is 10.1 Å². The van der Waals surface area contributed by atoms with Crippen LogP contribution >= 0.6 is 0 Å². The number of nitro groups is 1. The Bertz CT molecular complexity index is 907. The molecule has 3 rings (SSSR count). The van der Waals surface area contributed by atoms with Crippen LogP contribution in [0.5, 0.6) is 5.75 Å². The molecule has 2 aromatic carbocycles. The van der Waals surface area contributed by atoms with Crippen LogP contribution in [0.2, 0.25) is 0 Å². The molecule has 9 heteroatoms. The van der Waals surface area contributed by atoms with Crippen molar-refractivity contribution in [2.75, 3.05) is 44.8 Å². The molecule has 0 aliphatic carbocycles. The summed E-state index contributed by atoms with van der Waals surface area (Å²) >= 11 is 0. The Morgan fingerprint density at radius 2 is 1.70 bits per heavy atom. The summed E-state index contributed by atoms with van der Waals surface area (Å²) in [6, 6.07) is 13.7. The Morgan fingerprint density at radius 1 is 1.03 bits per heavy atom. The molecule has 1 aliphatic rings. The number of hydrogen-bond donors (Lipinski definition) is 0. The molecule has 0 radical (unpaired) electrons. The van der Waals surface area contributed by atoms with Crippen LogP contribution in [-0.2, 0) is 20.7 Å². The van der Waals surface area contributed by atoms with E-state index in [1.807, 2.05) is 24.3 Å². The third-order valence-corrected chi connectivity index (χ3v) is 4.95. The number of rotatable bonds is 7. The molecule has 0 N–H and O–H groups in total. The summed E-state index contributed by atoms with van der Waals surface area (Å²) in [5.74, 6) is -0.162. The van der Waals surface area contributed by atoms with Crippen molar-refractivity contribution in [2.24, 2.45) is 0 Å². The van der Waals surface area contributed by atoms with E-state index in [9.17, 15) is 19.7 Å². The molecule has 0 unspecified atom stereocenters. The van der Waals surface area contributed by atoms with Gasteiger partial charge in [0, 0.05) is 43.5 Å². The lowest BCUT2D eigenvalue weighted by atomic mass is 10.1. The Balaban J connectivity index is 1.45. The van der Waals surface area contributed by atoms with Crippen LogP contribution in [0.4, 0.5) is 11.4 Å². The minimum atomic E-state index is -0.672. The number of para-hydroxylation sites is 1. The molecule has 0 bridgehead atoms. The minimum absolute atomic E-state index is 0.143. The van der Waals surface area contributed by atoms with Gasteiger partial charge in [0.25, 0.3) is 11.6 Å². The van der Waals surface area contributed by atoms with Gasteiger partial charge < -0.3 is 19.3 Å². The Kier molecular flexibility index (Phi) is 6.84. The average Bonchev–Trinajstić information content (AvgIpc) is 2.78. The van der Waals surface area contributed by atoms with Gasteiger partial charge in [0.05, 0.1) is 18.5 Å². The maximum Gasteiger partial charge on any atom is 0.311 e. The Morgan fingerprint density at radius 3 is 2.33 bits per heavy atom. The van der Waals surface area contributed by atoms with Crippen LogP contribution in [0.1, 0.15) is 5.56 Å². The van der Waals surface area contributed by atoms with E-state index in [-0.39, 0.29) is 30.2 Å². The molecule has 158 valence electrons. The molecule has 1 saturated heterocycles. The maximum absolute atomic E-state index is 12.4. The first kappa shape index (κ1) is 21.1. The predicted octanol–water partition coefficient (Wildman–Crippen LogP) is 2.04. The summed E-state index contributed by atoms with van der Waals surface area (Å²) in [7, 11) is 1.62. The summed E-state index contributed by atoms with van der Waals surface area (Å²) < 4.78 is 10.2. The number of hydrogen-bond acceptors (Lipinski definition) is 7. The van der Waals surface area contributed by atoms with Gasteiger partial charge in [-0.3, -0.25) is 19.7 Å². The molecule has 0 spiro atoms. The van der Waals surface area contributed by atoms with Crippen LogP contribution in [0.15, 0.2) is 48.5 Å². The number of nitro benzene ring substituents is 1. The molecule has 0 atom stereocenters. The van der Waals surface area contributed by atoms with E-state index >= 15 is 0 Å². The fraction of sp³-hybridized carbons (Fsp3) is 0.333. The van der Waals surface area contributed by atoms with E-state index in [2.05, 4.69) is 4.90 Å². The highest BCUT2D eigenvalue weighted by Gasteiger charge is 2.23. The standard InChI is InChI=1S/C21H23N3O6/c1-29-18-8-6-17(7-9-18)22-10-12-23(13-11-22)20(25)15-30-21(26)14-16-4-2-3-5-19(16)24(27)28/h2-9H,10-15H2,1H3. The second-order valence-corrected chi connectivity index (χ2v) is 6.79. The average molecular weight is 413 g/mol. The van der Waals surface area contributed by atoms with Gasteiger partial charge in [0.2, 0.25) is 0 Å². The van der Waals surface area contributed by atoms with E-state index in [4.69, 9.17) is 9.47 Å². The number of methoxy groups -OCH3 is 1. The van der Waals surface area contributed by atoms with E-state index in [0.717, 1.165) is 11.4 Å². The molecule has 30 heavy (non-hydrogen) atoms. The van der Waals surface area contributed by atoms with Gasteiger partial charge in [-0.1, -0.05) is 18.2 Å². The first-order chi connectivity index (χ1) is 14.5. The van der Waals surface area contributed by atoms with Gasteiger partial charge in [-0.2, -0.15) is 0 Å². The quantitative estimate of drug-likeness (QED) is 0.389. The number of amides is 1. The van der Waals surface area contributed by atoms with Gasteiger partial charge >= 0.3 is 5.97 Å². The molecule has 1 heterocycles. The first-order valence-electron chi connectivity index (χ1n) is 9.52. The summed E-state index contributed by atoms with van der Waals surface area (Å²) in [5, 5.41) is 11.0. The van der Waals surface area contributed by atoms with E-state index in [1.165, 1.54) is 18.2 Å². The van der Waals surface area contributed by atoms with Crippen molar-refractivity contribution in [3.63, 3.8) is 0 Å². The number of ether oxygens (including phenoxy) is 2. The fourth-order valence-electron chi connectivity index (χ4n) is 3.29. The number of nitrogens with zero attached hydrogens (tertiary/aromatic N) is 3. The van der Waals surface area contributed by atoms with Crippen molar-refractivity contribution in [3.05, 3.63) is 64.2 Å². The molecular weight excluding hydrogens is 390 g/mol. The lowest BCUT2D eigenvalue weighted by molar-refractivity contribution is -0.385. The zero-order chi connectivity index (χ0) is 21.5. The summed E-state index contributed by atoms with van der Waals surface area (Å²) in [4.78, 5) is 38.7. The largest absolute Gasteiger partial charge is 0.497 e. The predicted molar refractivity (Wildman–Crippen MR) is 110 cm³/mol. The number of carbonyl (C=O) groups is 2. The lowest BCUT2D eigenvalue weighted by Gasteiger charge is -2.36. The summed E-state index contributed by atoms with van der Waals surface area (Å²) in [6.07, 6.45) is -0.254. The molecular formula is C21H23N3O6. The third-order valence-electron chi connectivity index (χ3n) is 4.95. The van der Waals surface area contributed by atoms with Crippen molar-refractivity contribution in [3.8, 4) is 5.75 Å². The zero-order valence-corrected chi connectivity index (χ0v) is 16.7. The normalized spacial score (nSPS) is 13.6. The van der Waals surface area contributed by atoms with Crippen LogP contribution in [0.25, 0.3) is 0 Å². The SMILES string of the molecule is COc1ccc(N2CCN(C(=O)COC(=O)Cc3ccccc3[N+](=O)[O-])CC2)cc1. The fourth-order valence-corrected chi connectivity index (χ4v) is 3.29. The molecule has 9 nitrogen and oxygen atoms in total. The summed E-state index contributed by atoms with van der Waals surface area (Å²) in [6.45, 7) is 2.01. The number of benzene rings is 2. The molecule has 0 saturated carbocycles. The van der Waals surface area contributed by atoms with Gasteiger partial charge in [-0.05, 0) is 24.3 Å². The first-order valence-corrected chi connectivity index (χ1v) is 9.52. The maximum atomic E-state index is 12.4. The highest BCUT2D eigenvalue weighted by molar-refractivity contribution is 5.82. The van der Waals surface area contributed by atoms with Gasteiger partial charge in [-0.15, -0.1) is 0 Å². The third kappa shape index (κ3) is 5.25. The van der Waals surface area contributed by atoms with Crippen molar-refractivity contribution < 1.29 is 24.0 Å². The molecule has 1 fully saturated rings. The monoisotopic (exact) mass is 413 g/mol. The highest BCUT2D eigenvalue weighted by Crippen LogP contribution is 2.21. The Labute approximate surface area is 173 Å². The topological polar surface area (TPSA) is 102 Å². The minimum Gasteiger partial charge on any atom is -0.497 e. The van der Waals surface area contributed by atoms with E-state index in [0.29, 0.717) is 26.2 Å². The van der Waals surface area contributed by atoms with E-state index < -0.39 is 10.9 Å². The van der Waals surface area contributed by atoms with Crippen molar-refractivity contribution in [2.45, 2.75) is 6.42 Å². The molecule has 0 aromatic heterocycles. The highest BCUT2D eigenvalue weighted by atomic mass is 16.6. The second-order valence-electron chi connectivity index (χ2n) is 6.79. The summed E-state index contributed by atoms with van der Waals surface area (Å²) in [5.41, 5.74) is 1.17. The van der Waals surface area contributed by atoms with Crippen LogP contribution < -0.4 is 9.64 Å². The molecule has 1 aliphatic heterocycles. The van der Waals surface area contributed by atoms with Gasteiger partial charge in [0.1, 0.15) is 5.75 Å². The van der Waals surface area contributed by atoms with Crippen LogP contribution in [0.3, 0.4) is 0 Å². The number of esters is 1. The number of carbonyl (C=O) groups excluding carboxylic acids is 2. The smallest absolute Gasteiger partial charge is 0.311 e.